The molecule has 8 nitrogen and oxygen atoms in total. The van der Waals surface area contributed by atoms with Crippen LogP contribution in [0.25, 0.3) is 0 Å². The Morgan fingerprint density at radius 2 is 2.29 bits per heavy atom. The third-order valence-electron chi connectivity index (χ3n) is 1.98. The molecule has 1 atom stereocenters. The molecule has 2 amide bonds. The monoisotopic (exact) mass is 240 g/mol. The highest BCUT2D eigenvalue weighted by Crippen LogP contribution is 1.90. The molecule has 0 saturated heterocycles. The van der Waals surface area contributed by atoms with Crippen molar-refractivity contribution < 1.29 is 9.59 Å². The van der Waals surface area contributed by atoms with Crippen molar-refractivity contribution in [3.05, 3.63) is 6.33 Å². The first-order valence-corrected chi connectivity index (χ1v) is 5.25. The summed E-state index contributed by atoms with van der Waals surface area (Å²) in [5, 5.41) is 8.91. The zero-order chi connectivity index (χ0) is 12.8. The molecule has 0 aromatic carbocycles. The molecule has 0 saturated carbocycles. The van der Waals surface area contributed by atoms with Crippen molar-refractivity contribution in [3.63, 3.8) is 0 Å². The van der Waals surface area contributed by atoms with E-state index in [1.165, 1.54) is 11.0 Å². The molecule has 0 aliphatic carbocycles. The molecule has 1 unspecified atom stereocenters. The number of amides is 2. The Bertz CT molecular complexity index is 402. The van der Waals surface area contributed by atoms with Crippen LogP contribution in [0.15, 0.2) is 6.33 Å². The Hall–Kier alpha value is -2.12. The number of anilines is 1. The smallest absolute Gasteiger partial charge is 0.242 e. The van der Waals surface area contributed by atoms with Crippen LogP contribution in [0.4, 0.5) is 5.95 Å². The van der Waals surface area contributed by atoms with Gasteiger partial charge in [-0.05, 0) is 13.8 Å². The Morgan fingerprint density at radius 3 is 2.82 bits per heavy atom. The number of nitrogens with one attached hydrogen (secondary N) is 2. The molecule has 0 aliphatic rings. The van der Waals surface area contributed by atoms with Crippen molar-refractivity contribution in [2.75, 3.05) is 12.3 Å². The average Bonchev–Trinajstić information content (AvgIpc) is 2.64. The lowest BCUT2D eigenvalue weighted by atomic mass is 10.3. The Labute approximate surface area is 98.6 Å². The number of likely N-dealkylation sites (N-methyl/N-ethyl adjacent to an activating group) is 1. The molecule has 0 radical (unpaired) electrons. The van der Waals surface area contributed by atoms with E-state index in [4.69, 9.17) is 5.73 Å². The Balaban J connectivity index is 2.41. The second kappa shape index (κ2) is 5.83. The summed E-state index contributed by atoms with van der Waals surface area (Å²) in [4.78, 5) is 26.6. The van der Waals surface area contributed by atoms with Crippen molar-refractivity contribution >= 4 is 17.8 Å². The van der Waals surface area contributed by atoms with Crippen LogP contribution in [0.1, 0.15) is 13.8 Å². The molecule has 1 aromatic rings. The highest BCUT2D eigenvalue weighted by Gasteiger charge is 2.14. The summed E-state index contributed by atoms with van der Waals surface area (Å²) in [6, 6.07) is -0.580. The molecule has 1 rings (SSSR count). The number of nitrogens with zero attached hydrogens (tertiary/aromatic N) is 3. The molecular formula is C9H16N6O2. The molecular weight excluding hydrogens is 224 g/mol. The van der Waals surface area contributed by atoms with Crippen LogP contribution in [-0.4, -0.2) is 39.2 Å². The highest BCUT2D eigenvalue weighted by molar-refractivity contribution is 5.87. The zero-order valence-corrected chi connectivity index (χ0v) is 9.80. The van der Waals surface area contributed by atoms with Gasteiger partial charge in [0.05, 0.1) is 0 Å². The minimum Gasteiger partial charge on any atom is -0.367 e. The molecule has 1 heterocycles. The van der Waals surface area contributed by atoms with Crippen molar-refractivity contribution in [2.24, 2.45) is 0 Å². The first-order valence-electron chi connectivity index (χ1n) is 5.25. The van der Waals surface area contributed by atoms with Gasteiger partial charge in [0.15, 0.2) is 0 Å². The van der Waals surface area contributed by atoms with Crippen molar-refractivity contribution in [2.45, 2.75) is 26.4 Å². The number of hydrogen-bond donors (Lipinski definition) is 3. The van der Waals surface area contributed by atoms with Gasteiger partial charge in [-0.25, -0.2) is 9.67 Å². The van der Waals surface area contributed by atoms with Crippen LogP contribution >= 0.6 is 0 Å². The van der Waals surface area contributed by atoms with Gasteiger partial charge in [-0.2, -0.15) is 0 Å². The van der Waals surface area contributed by atoms with E-state index in [0.29, 0.717) is 6.54 Å². The van der Waals surface area contributed by atoms with Crippen molar-refractivity contribution in [1.29, 1.82) is 0 Å². The summed E-state index contributed by atoms with van der Waals surface area (Å²) in [6.07, 6.45) is 1.35. The average molecular weight is 240 g/mol. The second-order valence-corrected chi connectivity index (χ2v) is 3.48. The van der Waals surface area contributed by atoms with Gasteiger partial charge in [-0.3, -0.25) is 9.59 Å². The van der Waals surface area contributed by atoms with Crippen LogP contribution in [0.3, 0.4) is 0 Å². The molecule has 0 fully saturated rings. The molecule has 4 N–H and O–H groups in total. The third-order valence-corrected chi connectivity index (χ3v) is 1.98. The molecule has 0 aliphatic heterocycles. The summed E-state index contributed by atoms with van der Waals surface area (Å²) in [5.41, 5.74) is 5.30. The minimum atomic E-state index is -0.580. The van der Waals surface area contributed by atoms with E-state index in [2.05, 4.69) is 20.7 Å². The van der Waals surface area contributed by atoms with Gasteiger partial charge < -0.3 is 16.4 Å². The summed E-state index contributed by atoms with van der Waals surface area (Å²) in [5.74, 6) is -0.442. The maximum atomic E-state index is 11.5. The predicted molar refractivity (Wildman–Crippen MR) is 60.7 cm³/mol. The fourth-order valence-corrected chi connectivity index (χ4v) is 1.21. The zero-order valence-electron chi connectivity index (χ0n) is 9.80. The summed E-state index contributed by atoms with van der Waals surface area (Å²) < 4.78 is 1.30. The van der Waals surface area contributed by atoms with Gasteiger partial charge >= 0.3 is 0 Å². The van der Waals surface area contributed by atoms with Crippen molar-refractivity contribution in [3.8, 4) is 0 Å². The lowest BCUT2D eigenvalue weighted by Gasteiger charge is -2.12. The van der Waals surface area contributed by atoms with Gasteiger partial charge in [0.2, 0.25) is 17.8 Å². The van der Waals surface area contributed by atoms with Crippen LogP contribution in [-0.2, 0) is 16.1 Å². The lowest BCUT2D eigenvalue weighted by molar-refractivity contribution is -0.128. The van der Waals surface area contributed by atoms with E-state index in [-0.39, 0.29) is 24.3 Å². The Morgan fingerprint density at radius 1 is 1.59 bits per heavy atom. The lowest BCUT2D eigenvalue weighted by Crippen LogP contribution is -2.45. The molecule has 17 heavy (non-hydrogen) atoms. The van der Waals surface area contributed by atoms with Gasteiger partial charge in [0.1, 0.15) is 18.9 Å². The maximum Gasteiger partial charge on any atom is 0.242 e. The third kappa shape index (κ3) is 4.09. The van der Waals surface area contributed by atoms with Gasteiger partial charge in [0.25, 0.3) is 0 Å². The van der Waals surface area contributed by atoms with Crippen LogP contribution in [0, 0.1) is 0 Å². The van der Waals surface area contributed by atoms with E-state index < -0.39 is 6.04 Å². The van der Waals surface area contributed by atoms with E-state index in [1.807, 2.05) is 6.92 Å². The maximum absolute atomic E-state index is 11.5. The molecule has 8 heteroatoms. The minimum absolute atomic E-state index is 0.0199. The predicted octanol–water partition coefficient (Wildman–Crippen LogP) is -1.50. The fraction of sp³-hybridized carbons (Fsp3) is 0.556. The number of rotatable bonds is 5. The standard InChI is InChI=1S/C9H16N6O2/c1-3-11-8(17)6(2)13-7(16)4-15-5-12-9(10)14-15/h5-6H,3-4H2,1-2H3,(H2,10,14)(H,11,17)(H,13,16). The van der Waals surface area contributed by atoms with E-state index in [9.17, 15) is 9.59 Å². The topological polar surface area (TPSA) is 115 Å². The molecule has 1 aromatic heterocycles. The SMILES string of the molecule is CCNC(=O)C(C)NC(=O)Cn1cnc(N)n1. The van der Waals surface area contributed by atoms with Crippen molar-refractivity contribution in [1.82, 2.24) is 25.4 Å². The molecule has 0 bridgehead atoms. The number of nitrogens with two attached hydrogens (primary N) is 1. The fourth-order valence-electron chi connectivity index (χ4n) is 1.21. The van der Waals surface area contributed by atoms with Gasteiger partial charge in [-0.1, -0.05) is 0 Å². The number of carbonyl (C=O) groups excluding carboxylic acids is 2. The van der Waals surface area contributed by atoms with Gasteiger partial charge in [-0.15, -0.1) is 5.10 Å². The van der Waals surface area contributed by atoms with Crippen LogP contribution in [0.5, 0.6) is 0 Å². The normalized spacial score (nSPS) is 11.9. The van der Waals surface area contributed by atoms with Crippen LogP contribution < -0.4 is 16.4 Å². The summed E-state index contributed by atoms with van der Waals surface area (Å²) in [7, 11) is 0. The van der Waals surface area contributed by atoms with Gasteiger partial charge in [0, 0.05) is 6.54 Å². The first kappa shape index (κ1) is 12.9. The van der Waals surface area contributed by atoms with E-state index >= 15 is 0 Å². The molecule has 0 spiro atoms. The van der Waals surface area contributed by atoms with E-state index in [1.54, 1.807) is 6.92 Å². The molecule has 94 valence electrons. The Kier molecular flexibility index (Phi) is 4.44. The number of hydrogen-bond acceptors (Lipinski definition) is 5. The van der Waals surface area contributed by atoms with E-state index in [0.717, 1.165) is 0 Å². The highest BCUT2D eigenvalue weighted by atomic mass is 16.2. The number of nitrogen functional groups attached to an aromatic ring is 1. The number of aromatic nitrogens is 3. The largest absolute Gasteiger partial charge is 0.367 e. The number of carbonyl (C=O) groups is 2. The summed E-state index contributed by atoms with van der Waals surface area (Å²) in [6.45, 7) is 3.93. The van der Waals surface area contributed by atoms with Crippen LogP contribution in [0.2, 0.25) is 0 Å². The first-order chi connectivity index (χ1) is 8.02. The summed E-state index contributed by atoms with van der Waals surface area (Å²) >= 11 is 0. The second-order valence-electron chi connectivity index (χ2n) is 3.48. The quantitative estimate of drug-likeness (QED) is 0.579.